The van der Waals surface area contributed by atoms with Crippen molar-refractivity contribution < 1.29 is 58.9 Å². The number of aromatic hydroxyl groups is 3. The zero-order valence-electron chi connectivity index (χ0n) is 35.3. The van der Waals surface area contributed by atoms with Crippen LogP contribution in [0.15, 0.2) is 41.2 Å². The van der Waals surface area contributed by atoms with E-state index in [9.17, 15) is 39.9 Å². The molecule has 2 aromatic carbocycles. The number of esters is 1. The van der Waals surface area contributed by atoms with Crippen LogP contribution in [0.3, 0.4) is 0 Å². The molecular weight excluding hydrogens is 764 g/mol. The van der Waals surface area contributed by atoms with Gasteiger partial charge in [0.15, 0.2) is 5.75 Å². The number of fused-ring (bicyclic) bond motifs is 14. The minimum atomic E-state index is -2.04. The number of phenols is 3. The van der Waals surface area contributed by atoms with E-state index in [2.05, 4.69) is 15.3 Å². The summed E-state index contributed by atoms with van der Waals surface area (Å²) in [5.74, 6) is -8.34. The number of ether oxygens (including phenoxy) is 4. The first kappa shape index (κ1) is 44.9. The Bertz CT molecular complexity index is 2070. The molecule has 9 atom stereocenters. The zero-order chi connectivity index (χ0) is 43.7. The smallest absolute Gasteiger partial charge is 0.312 e. The van der Waals surface area contributed by atoms with Crippen LogP contribution < -0.4 is 10.1 Å². The van der Waals surface area contributed by atoms with Crippen molar-refractivity contribution in [2.24, 2.45) is 28.8 Å². The lowest BCUT2D eigenvalue weighted by Gasteiger charge is -2.38. The maximum Gasteiger partial charge on any atom is 0.312 e. The van der Waals surface area contributed by atoms with Crippen molar-refractivity contribution in [3.8, 4) is 23.0 Å². The molecule has 0 aromatic heterocycles. The summed E-state index contributed by atoms with van der Waals surface area (Å²) in [6.45, 7) is 15.1. The monoisotopic (exact) mass is 822 g/mol. The lowest BCUT2D eigenvalue weighted by molar-refractivity contribution is -0.160. The van der Waals surface area contributed by atoms with Crippen LogP contribution in [-0.4, -0.2) is 130 Å². The predicted octanol–water partition coefficient (Wildman–Crippen LogP) is 4.34. The molecule has 1 saturated heterocycles. The second kappa shape index (κ2) is 18.0. The summed E-state index contributed by atoms with van der Waals surface area (Å²) >= 11 is 0. The third kappa shape index (κ3) is 8.91. The van der Waals surface area contributed by atoms with Crippen molar-refractivity contribution in [2.75, 3.05) is 45.7 Å². The first-order valence-corrected chi connectivity index (χ1v) is 19.8. The third-order valence-electron chi connectivity index (χ3n) is 11.9. The van der Waals surface area contributed by atoms with E-state index in [4.69, 9.17) is 18.9 Å². The van der Waals surface area contributed by atoms with E-state index in [1.165, 1.54) is 59.4 Å². The highest BCUT2D eigenvalue weighted by Gasteiger charge is 2.50. The SMILES string of the molecule is COC1/C=C\OC2(C)Oc3c(C)c(O)c4c(O)c(c(/C=N\N5CCN(C)CC5)c(O)c4c3C2=O)NC(=O)/C(C)=C/C=C\C(C)C(O)C(C)C(O)C(C)C(OC(C)=O)C1C. The normalized spacial score (nSPS) is 32.1. The largest absolute Gasteiger partial charge is 0.507 e. The van der Waals surface area contributed by atoms with Gasteiger partial charge in [0.25, 0.3) is 11.7 Å². The number of ketones is 1. The van der Waals surface area contributed by atoms with Crippen LogP contribution >= 0.6 is 0 Å². The second-order valence-corrected chi connectivity index (χ2v) is 16.1. The molecule has 2 aromatic rings. The molecule has 4 heterocycles. The first-order valence-electron chi connectivity index (χ1n) is 19.8. The van der Waals surface area contributed by atoms with Crippen LogP contribution in [0.5, 0.6) is 23.0 Å². The molecule has 4 aliphatic rings. The number of piperazine rings is 1. The van der Waals surface area contributed by atoms with Crippen LogP contribution in [0.4, 0.5) is 5.69 Å². The standard InChI is InChI=1S/C43H58N4O12/c1-21-12-11-13-22(2)42(55)45-33-28(20-44-47-17-15-46(9)16-18-47)37(52)30-31(38(33)53)36(51)26(6)40-32(30)41(54)43(8,59-40)57-19-14-29(56-10)23(3)39(58-27(7)48)25(5)35(50)24(4)34(21)49/h11-14,19-21,23-25,29,34-35,39,49-53H,15-18H2,1-10H3,(H,45,55)/b12-11-,19-14-,22-13+,44-20-. The number of anilines is 1. The Hall–Kier alpha value is -5.16. The average Bonchev–Trinajstić information content (AvgIpc) is 3.46. The van der Waals surface area contributed by atoms with Gasteiger partial charge in [0.2, 0.25) is 0 Å². The van der Waals surface area contributed by atoms with Gasteiger partial charge in [-0.2, -0.15) is 5.10 Å². The van der Waals surface area contributed by atoms with E-state index in [0.29, 0.717) is 13.1 Å². The van der Waals surface area contributed by atoms with Gasteiger partial charge >= 0.3 is 11.8 Å². The molecule has 1 fully saturated rings. The molecule has 0 saturated carbocycles. The van der Waals surface area contributed by atoms with Crippen LogP contribution in [-0.2, 0) is 23.8 Å². The number of benzene rings is 2. The van der Waals surface area contributed by atoms with Gasteiger partial charge in [-0.3, -0.25) is 19.4 Å². The number of hydrogen-bond donors (Lipinski definition) is 6. The summed E-state index contributed by atoms with van der Waals surface area (Å²) in [5.41, 5.74) is -0.350. The van der Waals surface area contributed by atoms with Crippen molar-refractivity contribution in [1.29, 1.82) is 0 Å². The highest BCUT2D eigenvalue weighted by atomic mass is 16.7. The van der Waals surface area contributed by atoms with Gasteiger partial charge < -0.3 is 54.7 Å². The van der Waals surface area contributed by atoms with Gasteiger partial charge in [-0.05, 0) is 27.0 Å². The average molecular weight is 823 g/mol. The van der Waals surface area contributed by atoms with Crippen molar-refractivity contribution >= 4 is 40.3 Å². The number of Topliss-reactive ketones (excluding diaryl/α,β-unsaturated/α-hetero) is 1. The number of likely N-dealkylation sites (N-methyl/N-ethyl adjacent to an activating group) is 1. The molecule has 4 aliphatic heterocycles. The number of aliphatic hydroxyl groups excluding tert-OH is 2. The molecule has 0 radical (unpaired) electrons. The number of phenolic OH excluding ortho intramolecular Hbond substituents is 3. The Morgan fingerprint density at radius 1 is 0.949 bits per heavy atom. The van der Waals surface area contributed by atoms with E-state index >= 15 is 0 Å². The van der Waals surface area contributed by atoms with Gasteiger partial charge in [0, 0.05) is 87.3 Å². The molecular formula is C43H58N4O12. The van der Waals surface area contributed by atoms with Gasteiger partial charge in [-0.1, -0.05) is 45.9 Å². The van der Waals surface area contributed by atoms with Crippen molar-refractivity contribution in [3.05, 3.63) is 52.8 Å². The van der Waals surface area contributed by atoms with Gasteiger partial charge in [-0.25, -0.2) is 0 Å². The van der Waals surface area contributed by atoms with E-state index < -0.39 is 88.8 Å². The van der Waals surface area contributed by atoms with E-state index in [1.807, 2.05) is 7.05 Å². The molecule has 6 rings (SSSR count). The molecule has 6 N–H and O–H groups in total. The van der Waals surface area contributed by atoms with Crippen molar-refractivity contribution in [1.82, 2.24) is 9.91 Å². The maximum absolute atomic E-state index is 14.4. The molecule has 5 bridgehead atoms. The number of hydrazone groups is 1. The number of hydrogen-bond acceptors (Lipinski definition) is 15. The summed E-state index contributed by atoms with van der Waals surface area (Å²) in [4.78, 5) is 42.6. The van der Waals surface area contributed by atoms with Crippen LogP contribution in [0.25, 0.3) is 10.8 Å². The lowest BCUT2D eigenvalue weighted by atomic mass is 9.78. The number of amides is 1. The fourth-order valence-electron chi connectivity index (χ4n) is 7.92. The quantitative estimate of drug-likeness (QED) is 0.109. The number of allylic oxidation sites excluding steroid dienone is 2. The summed E-state index contributed by atoms with van der Waals surface area (Å²) in [7, 11) is 3.42. The fourth-order valence-corrected chi connectivity index (χ4v) is 7.92. The van der Waals surface area contributed by atoms with Crippen LogP contribution in [0.2, 0.25) is 0 Å². The number of aliphatic hydroxyl groups is 2. The zero-order valence-corrected chi connectivity index (χ0v) is 35.3. The summed E-state index contributed by atoms with van der Waals surface area (Å²) in [5, 5.41) is 66.8. The van der Waals surface area contributed by atoms with E-state index in [1.54, 1.807) is 44.9 Å². The molecule has 0 aliphatic carbocycles. The van der Waals surface area contributed by atoms with Crippen LogP contribution in [0.1, 0.15) is 70.0 Å². The van der Waals surface area contributed by atoms with E-state index in [-0.39, 0.29) is 44.5 Å². The molecule has 16 nitrogen and oxygen atoms in total. The molecule has 9 unspecified atom stereocenters. The Balaban J connectivity index is 1.70. The van der Waals surface area contributed by atoms with Gasteiger partial charge in [0.05, 0.1) is 53.0 Å². The van der Waals surface area contributed by atoms with Crippen molar-refractivity contribution in [2.45, 2.75) is 85.6 Å². The second-order valence-electron chi connectivity index (χ2n) is 16.1. The number of nitrogens with one attached hydrogen (secondary N) is 1. The Labute approximate surface area is 344 Å². The van der Waals surface area contributed by atoms with Gasteiger partial charge in [-0.15, -0.1) is 0 Å². The van der Waals surface area contributed by atoms with Crippen LogP contribution in [0, 0.1) is 30.6 Å². The molecule has 1 amide bonds. The number of carbonyl (C=O) groups is 3. The summed E-state index contributed by atoms with van der Waals surface area (Å²) in [6.07, 6.45) is 4.86. The number of carbonyl (C=O) groups excluding carboxylic acids is 3. The maximum atomic E-state index is 14.4. The minimum Gasteiger partial charge on any atom is -0.507 e. The topological polar surface area (TPSA) is 220 Å². The molecule has 16 heteroatoms. The van der Waals surface area contributed by atoms with Crippen molar-refractivity contribution in [3.63, 3.8) is 0 Å². The third-order valence-corrected chi connectivity index (χ3v) is 11.9. The highest BCUT2D eigenvalue weighted by Crippen LogP contribution is 2.55. The minimum absolute atomic E-state index is 0.0559. The number of rotatable bonds is 4. The molecule has 59 heavy (non-hydrogen) atoms. The fraction of sp³-hybridized carbons (Fsp3) is 0.535. The Morgan fingerprint density at radius 2 is 1.61 bits per heavy atom. The predicted molar refractivity (Wildman–Crippen MR) is 220 cm³/mol. The number of methoxy groups -OCH3 is 1. The Morgan fingerprint density at radius 3 is 2.24 bits per heavy atom. The summed E-state index contributed by atoms with van der Waals surface area (Å²) in [6, 6.07) is 0. The van der Waals surface area contributed by atoms with E-state index in [0.717, 1.165) is 13.1 Å². The molecule has 322 valence electrons. The van der Waals surface area contributed by atoms with Gasteiger partial charge in [0.1, 0.15) is 23.4 Å². The molecule has 0 spiro atoms. The number of nitrogens with zero attached hydrogens (tertiary/aromatic N) is 3. The summed E-state index contributed by atoms with van der Waals surface area (Å²) < 4.78 is 23.6. The first-order chi connectivity index (χ1) is 27.7. The lowest BCUT2D eigenvalue weighted by Crippen LogP contribution is -2.46. The Kier molecular flexibility index (Phi) is 13.7. The highest BCUT2D eigenvalue weighted by molar-refractivity contribution is 6.23.